The van der Waals surface area contributed by atoms with Crippen LogP contribution in [0.4, 0.5) is 0 Å². The van der Waals surface area contributed by atoms with Gasteiger partial charge in [-0.2, -0.15) is 0 Å². The van der Waals surface area contributed by atoms with E-state index < -0.39 is 25.4 Å². The van der Waals surface area contributed by atoms with E-state index in [9.17, 15) is 0 Å². The Morgan fingerprint density at radius 2 is 1.22 bits per heavy atom. The molecular weight excluding hydrogens is 274 g/mol. The molecule has 1 fully saturated rings. The Labute approximate surface area is 116 Å². The molecule has 0 unspecified atom stereocenters. The predicted molar refractivity (Wildman–Crippen MR) is 85.9 cm³/mol. The monoisotopic (exact) mass is 305 g/mol. The predicted octanol–water partition coefficient (Wildman–Crippen LogP) is 3.74. The molecule has 0 aromatic heterocycles. The summed E-state index contributed by atoms with van der Waals surface area (Å²) in [7, 11) is -5.22. The fourth-order valence-electron chi connectivity index (χ4n) is 2.86. The highest BCUT2D eigenvalue weighted by molar-refractivity contribution is 6.86. The Balaban J connectivity index is 2.62. The fraction of sp³-hybridized carbons (Fsp3) is 1.00. The van der Waals surface area contributed by atoms with Crippen molar-refractivity contribution >= 4 is 25.4 Å². The van der Waals surface area contributed by atoms with Crippen LogP contribution < -0.4 is 0 Å². The van der Waals surface area contributed by atoms with Crippen molar-refractivity contribution in [2.24, 2.45) is 0 Å². The maximum atomic E-state index is 6.56. The van der Waals surface area contributed by atoms with Gasteiger partial charge in [0.1, 0.15) is 0 Å². The molecule has 3 nitrogen and oxygen atoms in total. The van der Waals surface area contributed by atoms with E-state index in [-0.39, 0.29) is 0 Å². The second-order valence-electron chi connectivity index (χ2n) is 7.21. The lowest BCUT2D eigenvalue weighted by Gasteiger charge is -2.44. The molecule has 18 heavy (non-hydrogen) atoms. The average Bonchev–Trinajstić information content (AvgIpc) is 2.13. The molecule has 1 aliphatic heterocycles. The summed E-state index contributed by atoms with van der Waals surface area (Å²) < 4.78 is 15.5. The van der Waals surface area contributed by atoms with Gasteiger partial charge in [0.2, 0.25) is 0 Å². The van der Waals surface area contributed by atoms with Crippen LogP contribution in [0.25, 0.3) is 0 Å². The van der Waals surface area contributed by atoms with E-state index >= 15 is 0 Å². The molecule has 0 spiro atoms. The van der Waals surface area contributed by atoms with Gasteiger partial charge in [0.05, 0.1) is 0 Å². The largest absolute Gasteiger partial charge is 0.437 e. The van der Waals surface area contributed by atoms with Crippen molar-refractivity contribution < 1.29 is 8.23 Å². The first-order chi connectivity index (χ1) is 8.02. The first-order valence-electron chi connectivity index (χ1n) is 7.17. The topological polar surface area (TPSA) is 21.7 Å². The Morgan fingerprint density at radius 3 is 1.67 bits per heavy atom. The summed E-state index contributed by atoms with van der Waals surface area (Å²) in [5.41, 5.74) is 0. The normalized spacial score (nSPS) is 20.2. The molecule has 0 radical (unpaired) electrons. The molecule has 1 rings (SSSR count). The van der Waals surface area contributed by atoms with Gasteiger partial charge in [0.25, 0.3) is 8.48 Å². The smallest absolute Gasteiger partial charge is 0.312 e. The summed E-state index contributed by atoms with van der Waals surface area (Å²) in [6.07, 6.45) is 4.04. The molecule has 1 heterocycles. The van der Waals surface area contributed by atoms with Gasteiger partial charge in [-0.3, -0.25) is 0 Å². The molecule has 0 saturated carbocycles. The van der Waals surface area contributed by atoms with Gasteiger partial charge >= 0.3 is 8.56 Å². The molecular formula is C12H31NO2Si3. The van der Waals surface area contributed by atoms with E-state index in [0.717, 1.165) is 0 Å². The minimum Gasteiger partial charge on any atom is -0.437 e. The van der Waals surface area contributed by atoms with E-state index in [4.69, 9.17) is 8.23 Å². The van der Waals surface area contributed by atoms with Gasteiger partial charge in [-0.05, 0) is 71.8 Å². The first kappa shape index (κ1) is 16.6. The average molecular weight is 306 g/mol. The minimum absolute atomic E-state index is 1.22. The fourth-order valence-corrected chi connectivity index (χ4v) is 16.0. The molecule has 0 aromatic carbocycles. The Bertz CT molecular complexity index is 271. The Kier molecular flexibility index (Phi) is 5.42. The van der Waals surface area contributed by atoms with Gasteiger partial charge in [-0.1, -0.05) is 6.42 Å². The van der Waals surface area contributed by atoms with E-state index in [0.29, 0.717) is 0 Å². The van der Waals surface area contributed by atoms with Crippen molar-refractivity contribution in [1.29, 1.82) is 0 Å². The van der Waals surface area contributed by atoms with Gasteiger partial charge in [0, 0.05) is 0 Å². The molecule has 108 valence electrons. The van der Waals surface area contributed by atoms with Crippen molar-refractivity contribution in [2.75, 3.05) is 13.1 Å². The molecule has 0 atom stereocenters. The quantitative estimate of drug-likeness (QED) is 0.722. The van der Waals surface area contributed by atoms with E-state index in [1.54, 1.807) is 0 Å². The van der Waals surface area contributed by atoms with Crippen LogP contribution in [0.1, 0.15) is 19.3 Å². The SMILES string of the molecule is C[Si](C)(C)O[Si](C)(C)O[Si](C)(C)N1CCCCC1. The van der Waals surface area contributed by atoms with Crippen LogP contribution in [0.5, 0.6) is 0 Å². The number of piperidine rings is 1. The third-order valence-electron chi connectivity index (χ3n) is 3.17. The van der Waals surface area contributed by atoms with Gasteiger partial charge in [0.15, 0.2) is 8.32 Å². The van der Waals surface area contributed by atoms with Gasteiger partial charge in [-0.25, -0.2) is 0 Å². The van der Waals surface area contributed by atoms with Crippen molar-refractivity contribution in [2.45, 2.75) is 65.1 Å². The summed E-state index contributed by atoms with van der Waals surface area (Å²) in [6, 6.07) is 0. The molecule has 0 aliphatic carbocycles. The van der Waals surface area contributed by atoms with Crippen LogP contribution in [-0.4, -0.2) is 43.0 Å². The van der Waals surface area contributed by atoms with Gasteiger partial charge < -0.3 is 12.8 Å². The summed E-state index contributed by atoms with van der Waals surface area (Å²) >= 11 is 0. The van der Waals surface area contributed by atoms with Crippen molar-refractivity contribution in [3.8, 4) is 0 Å². The third-order valence-corrected chi connectivity index (χ3v) is 13.5. The van der Waals surface area contributed by atoms with Crippen LogP contribution in [0.15, 0.2) is 0 Å². The van der Waals surface area contributed by atoms with E-state index in [2.05, 4.69) is 50.4 Å². The van der Waals surface area contributed by atoms with Crippen LogP contribution in [-0.2, 0) is 8.23 Å². The molecule has 0 aromatic rings. The lowest BCUT2D eigenvalue weighted by molar-refractivity contribution is 0.279. The maximum absolute atomic E-state index is 6.56. The van der Waals surface area contributed by atoms with Crippen LogP contribution in [0.2, 0.25) is 45.8 Å². The summed E-state index contributed by atoms with van der Waals surface area (Å²) in [5, 5.41) is 0. The highest BCUT2D eigenvalue weighted by atomic mass is 28.5. The second kappa shape index (κ2) is 5.89. The number of nitrogens with zero attached hydrogens (tertiary/aromatic N) is 1. The van der Waals surface area contributed by atoms with Crippen molar-refractivity contribution in [3.05, 3.63) is 0 Å². The molecule has 1 saturated heterocycles. The van der Waals surface area contributed by atoms with Crippen molar-refractivity contribution in [3.63, 3.8) is 0 Å². The maximum Gasteiger partial charge on any atom is 0.312 e. The van der Waals surface area contributed by atoms with E-state index in [1.165, 1.54) is 32.4 Å². The zero-order valence-electron chi connectivity index (χ0n) is 13.3. The molecule has 6 heteroatoms. The number of hydrogen-bond acceptors (Lipinski definition) is 3. The van der Waals surface area contributed by atoms with Crippen LogP contribution >= 0.6 is 0 Å². The van der Waals surface area contributed by atoms with Gasteiger partial charge in [-0.15, -0.1) is 0 Å². The number of rotatable bonds is 5. The number of hydrogen-bond donors (Lipinski definition) is 0. The molecule has 0 bridgehead atoms. The highest BCUT2D eigenvalue weighted by Gasteiger charge is 2.41. The third kappa shape index (κ3) is 5.66. The zero-order valence-corrected chi connectivity index (χ0v) is 16.3. The minimum atomic E-state index is -1.98. The molecule has 0 amide bonds. The molecule has 1 aliphatic rings. The Hall–Kier alpha value is 0.531. The second-order valence-corrected chi connectivity index (χ2v) is 19.4. The van der Waals surface area contributed by atoms with Crippen LogP contribution in [0.3, 0.4) is 0 Å². The lowest BCUT2D eigenvalue weighted by Crippen LogP contribution is -2.60. The lowest BCUT2D eigenvalue weighted by atomic mass is 10.2. The van der Waals surface area contributed by atoms with Crippen molar-refractivity contribution in [1.82, 2.24) is 4.57 Å². The zero-order chi connectivity index (χ0) is 14.0. The van der Waals surface area contributed by atoms with E-state index in [1.807, 2.05) is 0 Å². The summed E-state index contributed by atoms with van der Waals surface area (Å²) in [5.74, 6) is 0. The van der Waals surface area contributed by atoms with Crippen LogP contribution in [0, 0.1) is 0 Å². The summed E-state index contributed by atoms with van der Waals surface area (Å²) in [4.78, 5) is 0. The highest BCUT2D eigenvalue weighted by Crippen LogP contribution is 2.24. The Morgan fingerprint density at radius 1 is 0.722 bits per heavy atom. The first-order valence-corrected chi connectivity index (χ1v) is 16.3. The molecule has 0 N–H and O–H groups in total. The standard InChI is InChI=1S/C12H31NO2Si3/c1-16(2,3)14-18(6,7)15-17(4,5)13-11-9-8-10-12-13/h8-12H2,1-7H3. The summed E-state index contributed by atoms with van der Waals surface area (Å²) in [6.45, 7) is 18.3.